The van der Waals surface area contributed by atoms with Crippen molar-refractivity contribution < 1.29 is 19.1 Å². The summed E-state index contributed by atoms with van der Waals surface area (Å²) in [5, 5.41) is 3.38. The van der Waals surface area contributed by atoms with Crippen molar-refractivity contribution in [3.05, 3.63) is 59.1 Å². The van der Waals surface area contributed by atoms with Crippen LogP contribution in [0, 0.1) is 0 Å². The number of hydrogen-bond donors (Lipinski definition) is 1. The molecule has 0 heterocycles. The Hall–Kier alpha value is -2.53. The molecule has 1 amide bonds. The number of esters is 1. The van der Waals surface area contributed by atoms with Crippen molar-refractivity contribution in [2.45, 2.75) is 39.4 Å². The molecule has 138 valence electrons. The summed E-state index contributed by atoms with van der Waals surface area (Å²) in [6, 6.07) is 13.4. The minimum Gasteiger partial charge on any atom is -0.479 e. The third-order valence-electron chi connectivity index (χ3n) is 3.76. The van der Waals surface area contributed by atoms with Crippen molar-refractivity contribution in [1.82, 2.24) is 0 Å². The molecule has 0 spiro atoms. The zero-order chi connectivity index (χ0) is 19.1. The molecule has 0 saturated heterocycles. The van der Waals surface area contributed by atoms with Gasteiger partial charge in [-0.1, -0.05) is 18.5 Å². The Morgan fingerprint density at radius 1 is 1.04 bits per heavy atom. The molecular weight excluding hydrogens is 354 g/mol. The molecule has 0 aliphatic heterocycles. The van der Waals surface area contributed by atoms with E-state index >= 15 is 0 Å². The summed E-state index contributed by atoms with van der Waals surface area (Å²) in [4.78, 5) is 24.1. The van der Waals surface area contributed by atoms with Gasteiger partial charge in [-0.25, -0.2) is 4.79 Å². The third kappa shape index (κ3) is 5.77. The Balaban J connectivity index is 1.93. The lowest BCUT2D eigenvalue weighted by molar-refractivity contribution is -0.155. The number of rotatable bonds is 7. The van der Waals surface area contributed by atoms with Gasteiger partial charge in [-0.15, -0.1) is 0 Å². The van der Waals surface area contributed by atoms with E-state index in [0.717, 1.165) is 6.42 Å². The zero-order valence-corrected chi connectivity index (χ0v) is 15.7. The first-order chi connectivity index (χ1) is 12.4. The summed E-state index contributed by atoms with van der Waals surface area (Å²) >= 11 is 5.82. The molecule has 1 N–H and O–H groups in total. The van der Waals surface area contributed by atoms with Crippen LogP contribution in [0.1, 0.15) is 37.6 Å². The first-order valence-electron chi connectivity index (χ1n) is 8.43. The van der Waals surface area contributed by atoms with E-state index in [0.29, 0.717) is 22.0 Å². The first kappa shape index (κ1) is 19.8. The molecule has 26 heavy (non-hydrogen) atoms. The van der Waals surface area contributed by atoms with Gasteiger partial charge in [-0.05, 0) is 68.8 Å². The second-order valence-corrected chi connectivity index (χ2v) is 6.34. The number of hydrogen-bond acceptors (Lipinski definition) is 4. The molecule has 0 bridgehead atoms. The molecule has 0 fully saturated rings. The fourth-order valence-electron chi connectivity index (χ4n) is 2.05. The molecule has 6 heteroatoms. The second kappa shape index (κ2) is 9.25. The number of nitrogens with one attached hydrogen (secondary N) is 1. The maximum atomic E-state index is 12.2. The van der Waals surface area contributed by atoms with Crippen molar-refractivity contribution in [1.29, 1.82) is 0 Å². The predicted molar refractivity (Wildman–Crippen MR) is 102 cm³/mol. The van der Waals surface area contributed by atoms with Crippen LogP contribution in [0.2, 0.25) is 5.02 Å². The lowest BCUT2D eigenvalue weighted by Crippen LogP contribution is -2.29. The minimum atomic E-state index is -0.724. The molecule has 2 unspecified atom stereocenters. The van der Waals surface area contributed by atoms with Gasteiger partial charge in [-0.2, -0.15) is 0 Å². The Labute approximate surface area is 158 Å². The molecule has 2 aromatic carbocycles. The summed E-state index contributed by atoms with van der Waals surface area (Å²) < 4.78 is 10.8. The smallest absolute Gasteiger partial charge is 0.347 e. The molecule has 0 radical (unpaired) electrons. The standard InChI is InChI=1S/C20H22ClNO4/c1-4-13(2)25-20(24)14(3)26-18-11-5-15(6-12-18)19(23)22-17-9-7-16(21)8-10-17/h5-14H,4H2,1-3H3,(H,22,23). The molecule has 0 aliphatic rings. The number of benzene rings is 2. The maximum Gasteiger partial charge on any atom is 0.347 e. The van der Waals surface area contributed by atoms with Crippen LogP contribution in [0.5, 0.6) is 5.75 Å². The Morgan fingerprint density at radius 3 is 2.23 bits per heavy atom. The molecule has 2 rings (SSSR count). The Bertz CT molecular complexity index is 743. The van der Waals surface area contributed by atoms with Crippen molar-refractivity contribution in [3.8, 4) is 5.75 Å². The lowest BCUT2D eigenvalue weighted by atomic mass is 10.2. The van der Waals surface area contributed by atoms with Gasteiger partial charge < -0.3 is 14.8 Å². The van der Waals surface area contributed by atoms with Crippen LogP contribution in [0.3, 0.4) is 0 Å². The van der Waals surface area contributed by atoms with Crippen LogP contribution >= 0.6 is 11.6 Å². The van der Waals surface area contributed by atoms with Gasteiger partial charge in [-0.3, -0.25) is 4.79 Å². The number of amides is 1. The monoisotopic (exact) mass is 375 g/mol. The molecule has 0 saturated carbocycles. The number of anilines is 1. The summed E-state index contributed by atoms with van der Waals surface area (Å²) in [5.74, 6) is -0.173. The van der Waals surface area contributed by atoms with Crippen molar-refractivity contribution in [3.63, 3.8) is 0 Å². The normalized spacial score (nSPS) is 12.8. The van der Waals surface area contributed by atoms with E-state index in [1.54, 1.807) is 55.5 Å². The molecule has 5 nitrogen and oxygen atoms in total. The average Bonchev–Trinajstić information content (AvgIpc) is 2.63. The fourth-order valence-corrected chi connectivity index (χ4v) is 2.18. The van der Waals surface area contributed by atoms with Crippen molar-refractivity contribution in [2.24, 2.45) is 0 Å². The lowest BCUT2D eigenvalue weighted by Gasteiger charge is -2.17. The van der Waals surface area contributed by atoms with Crippen LogP contribution in [-0.4, -0.2) is 24.1 Å². The van der Waals surface area contributed by atoms with Crippen LogP contribution in [0.15, 0.2) is 48.5 Å². The Kier molecular flexibility index (Phi) is 7.04. The largest absolute Gasteiger partial charge is 0.479 e. The van der Waals surface area contributed by atoms with Crippen molar-refractivity contribution in [2.75, 3.05) is 5.32 Å². The fraction of sp³-hybridized carbons (Fsp3) is 0.300. The van der Waals surface area contributed by atoms with Gasteiger partial charge in [0.05, 0.1) is 6.10 Å². The van der Waals surface area contributed by atoms with Gasteiger partial charge in [0, 0.05) is 16.3 Å². The van der Waals surface area contributed by atoms with E-state index in [1.165, 1.54) is 0 Å². The van der Waals surface area contributed by atoms with E-state index in [1.807, 2.05) is 13.8 Å². The highest BCUT2D eigenvalue weighted by atomic mass is 35.5. The molecule has 2 atom stereocenters. The molecule has 2 aromatic rings. The minimum absolute atomic E-state index is 0.146. The van der Waals surface area contributed by atoms with E-state index in [2.05, 4.69) is 5.32 Å². The number of carbonyl (C=O) groups is 2. The van der Waals surface area contributed by atoms with Gasteiger partial charge in [0.25, 0.3) is 5.91 Å². The number of ether oxygens (including phenoxy) is 2. The van der Waals surface area contributed by atoms with E-state index in [4.69, 9.17) is 21.1 Å². The highest BCUT2D eigenvalue weighted by molar-refractivity contribution is 6.30. The first-order valence-corrected chi connectivity index (χ1v) is 8.81. The van der Waals surface area contributed by atoms with Gasteiger partial charge in [0.1, 0.15) is 5.75 Å². The SMILES string of the molecule is CCC(C)OC(=O)C(C)Oc1ccc(C(=O)Nc2ccc(Cl)cc2)cc1. The maximum absolute atomic E-state index is 12.2. The van der Waals surface area contributed by atoms with Crippen LogP contribution in [0.25, 0.3) is 0 Å². The zero-order valence-electron chi connectivity index (χ0n) is 15.0. The Morgan fingerprint density at radius 2 is 1.65 bits per heavy atom. The molecule has 0 aliphatic carbocycles. The highest BCUT2D eigenvalue weighted by Crippen LogP contribution is 2.17. The van der Waals surface area contributed by atoms with Crippen LogP contribution in [-0.2, 0) is 9.53 Å². The van der Waals surface area contributed by atoms with Crippen LogP contribution in [0.4, 0.5) is 5.69 Å². The predicted octanol–water partition coefficient (Wildman–Crippen LogP) is 4.70. The van der Waals surface area contributed by atoms with E-state index in [-0.39, 0.29) is 12.0 Å². The van der Waals surface area contributed by atoms with Gasteiger partial charge in [0.15, 0.2) is 6.10 Å². The molecule has 0 aromatic heterocycles. The highest BCUT2D eigenvalue weighted by Gasteiger charge is 2.18. The van der Waals surface area contributed by atoms with Crippen molar-refractivity contribution >= 4 is 29.2 Å². The number of halogens is 1. The quantitative estimate of drug-likeness (QED) is 0.712. The topological polar surface area (TPSA) is 64.6 Å². The average molecular weight is 376 g/mol. The van der Waals surface area contributed by atoms with Gasteiger partial charge in [0.2, 0.25) is 0 Å². The summed E-state index contributed by atoms with van der Waals surface area (Å²) in [5.41, 5.74) is 1.13. The molecular formula is C20H22ClNO4. The van der Waals surface area contributed by atoms with E-state index < -0.39 is 12.1 Å². The summed E-state index contributed by atoms with van der Waals surface area (Å²) in [7, 11) is 0. The van der Waals surface area contributed by atoms with E-state index in [9.17, 15) is 9.59 Å². The second-order valence-electron chi connectivity index (χ2n) is 5.90. The summed E-state index contributed by atoms with van der Waals surface area (Å²) in [6.45, 7) is 5.40. The number of carbonyl (C=O) groups excluding carboxylic acids is 2. The van der Waals surface area contributed by atoms with Gasteiger partial charge >= 0.3 is 5.97 Å². The third-order valence-corrected chi connectivity index (χ3v) is 4.01. The summed E-state index contributed by atoms with van der Waals surface area (Å²) in [6.07, 6.45) is -0.124. The van der Waals surface area contributed by atoms with Crippen LogP contribution < -0.4 is 10.1 Å².